The highest BCUT2D eigenvalue weighted by molar-refractivity contribution is 7.14. The topological polar surface area (TPSA) is 94.0 Å². The van der Waals surface area contributed by atoms with Gasteiger partial charge in [0.25, 0.3) is 0 Å². The van der Waals surface area contributed by atoms with Crippen molar-refractivity contribution in [2.24, 2.45) is 0 Å². The molecule has 0 fully saturated rings. The summed E-state index contributed by atoms with van der Waals surface area (Å²) in [5, 5.41) is 19.7. The number of carbonyl (C=O) groups is 1. The van der Waals surface area contributed by atoms with E-state index in [0.717, 1.165) is 16.4 Å². The van der Waals surface area contributed by atoms with Gasteiger partial charge in [0.15, 0.2) is 5.82 Å². The van der Waals surface area contributed by atoms with Crippen LogP contribution in [0.4, 0.5) is 9.80 Å². The molecule has 0 aliphatic heterocycles. The first-order chi connectivity index (χ1) is 11.8. The fraction of sp³-hybridized carbons (Fsp3) is 0.200. The Morgan fingerprint density at radius 1 is 1.29 bits per heavy atom. The summed E-state index contributed by atoms with van der Waals surface area (Å²) in [6.07, 6.45) is 0. The summed E-state index contributed by atoms with van der Waals surface area (Å²) in [5.41, 5.74) is 0.791. The van der Waals surface area contributed by atoms with Gasteiger partial charge in [-0.15, -0.1) is 16.4 Å². The monoisotopic (exact) mass is 344 g/mol. The van der Waals surface area contributed by atoms with Gasteiger partial charge in [-0.25, -0.2) is 4.79 Å². The minimum Gasteiger partial charge on any atom is -0.494 e. The molecule has 2 aromatic heterocycles. The molecule has 1 aromatic carbocycles. The molecule has 0 unspecified atom stereocenters. The first kappa shape index (κ1) is 15.9. The third kappa shape index (κ3) is 3.87. The number of hydrogen-bond donors (Lipinski definition) is 2. The number of urea groups is 1. The number of aromatic nitrogens is 4. The van der Waals surface area contributed by atoms with Crippen LogP contribution in [0.15, 0.2) is 41.8 Å². The molecule has 9 heteroatoms. The first-order valence-corrected chi connectivity index (χ1v) is 8.23. The normalized spacial score (nSPS) is 10.4. The number of tetrazole rings is 1. The second-order valence-corrected chi connectivity index (χ2v) is 5.67. The average Bonchev–Trinajstić information content (AvgIpc) is 3.25. The van der Waals surface area contributed by atoms with Crippen molar-refractivity contribution < 1.29 is 9.53 Å². The number of nitrogens with one attached hydrogen (secondary N) is 2. The third-order valence-corrected chi connectivity index (χ3v) is 3.88. The lowest BCUT2D eigenvalue weighted by atomic mass is 10.3. The highest BCUT2D eigenvalue weighted by Gasteiger charge is 2.10. The van der Waals surface area contributed by atoms with E-state index in [4.69, 9.17) is 4.74 Å². The van der Waals surface area contributed by atoms with E-state index in [1.165, 1.54) is 11.3 Å². The molecule has 0 atom stereocenters. The Labute approximate surface area is 142 Å². The van der Waals surface area contributed by atoms with Crippen molar-refractivity contribution in [1.82, 2.24) is 25.5 Å². The van der Waals surface area contributed by atoms with Crippen molar-refractivity contribution in [2.75, 3.05) is 11.9 Å². The molecular weight excluding hydrogens is 328 g/mol. The number of nitrogens with zero attached hydrogens (tertiary/aromatic N) is 4. The zero-order chi connectivity index (χ0) is 16.8. The summed E-state index contributed by atoms with van der Waals surface area (Å²) in [7, 11) is 0. The second-order valence-electron chi connectivity index (χ2n) is 4.72. The number of thiophene rings is 1. The molecule has 2 amide bonds. The highest BCUT2D eigenvalue weighted by atomic mass is 32.1. The second kappa shape index (κ2) is 7.55. The Kier molecular flexibility index (Phi) is 5.02. The van der Waals surface area contributed by atoms with E-state index in [9.17, 15) is 4.79 Å². The quantitative estimate of drug-likeness (QED) is 0.716. The van der Waals surface area contributed by atoms with Gasteiger partial charge in [-0.2, -0.15) is 4.68 Å². The zero-order valence-corrected chi connectivity index (χ0v) is 13.8. The molecule has 0 aliphatic rings. The Hall–Kier alpha value is -2.94. The van der Waals surface area contributed by atoms with Crippen molar-refractivity contribution in [3.05, 3.63) is 47.6 Å². The Balaban J connectivity index is 1.63. The van der Waals surface area contributed by atoms with Crippen molar-refractivity contribution in [2.45, 2.75) is 13.5 Å². The highest BCUT2D eigenvalue weighted by Crippen LogP contribution is 2.16. The summed E-state index contributed by atoms with van der Waals surface area (Å²) in [4.78, 5) is 11.9. The van der Waals surface area contributed by atoms with Crippen LogP contribution in [-0.4, -0.2) is 32.8 Å². The largest absolute Gasteiger partial charge is 0.494 e. The number of ether oxygens (including phenoxy) is 1. The summed E-state index contributed by atoms with van der Waals surface area (Å²) in [6.45, 7) is 2.75. The van der Waals surface area contributed by atoms with E-state index in [0.29, 0.717) is 12.4 Å². The van der Waals surface area contributed by atoms with Crippen LogP contribution in [0.1, 0.15) is 12.7 Å². The molecule has 0 spiro atoms. The maximum atomic E-state index is 11.9. The fourth-order valence-electron chi connectivity index (χ4n) is 2.03. The van der Waals surface area contributed by atoms with Crippen molar-refractivity contribution in [1.29, 1.82) is 0 Å². The molecule has 8 nitrogen and oxygen atoms in total. The summed E-state index contributed by atoms with van der Waals surface area (Å²) >= 11 is 1.45. The molecule has 0 radical (unpaired) electrons. The number of amides is 2. The molecule has 0 saturated heterocycles. The predicted octanol–water partition coefficient (Wildman–Crippen LogP) is 2.44. The van der Waals surface area contributed by atoms with Gasteiger partial charge in [-0.1, -0.05) is 0 Å². The Morgan fingerprint density at radius 3 is 2.83 bits per heavy atom. The van der Waals surface area contributed by atoms with E-state index < -0.39 is 0 Å². The van der Waals surface area contributed by atoms with Crippen LogP contribution in [0.3, 0.4) is 0 Å². The van der Waals surface area contributed by atoms with E-state index in [2.05, 4.69) is 26.2 Å². The maximum absolute atomic E-state index is 11.9. The molecule has 2 heterocycles. The smallest absolute Gasteiger partial charge is 0.320 e. The van der Waals surface area contributed by atoms with Gasteiger partial charge in [0.2, 0.25) is 0 Å². The van der Waals surface area contributed by atoms with Crippen LogP contribution < -0.4 is 15.4 Å². The molecule has 0 aliphatic carbocycles. The van der Waals surface area contributed by atoms with Gasteiger partial charge in [0.1, 0.15) is 5.75 Å². The summed E-state index contributed by atoms with van der Waals surface area (Å²) in [6, 6.07) is 10.8. The third-order valence-electron chi connectivity index (χ3n) is 3.09. The molecule has 24 heavy (non-hydrogen) atoms. The van der Waals surface area contributed by atoms with E-state index in [-0.39, 0.29) is 12.6 Å². The lowest BCUT2D eigenvalue weighted by Gasteiger charge is -2.08. The average molecular weight is 344 g/mol. The molecular formula is C15H16N6O2S. The lowest BCUT2D eigenvalue weighted by Crippen LogP contribution is -2.29. The van der Waals surface area contributed by atoms with Gasteiger partial charge >= 0.3 is 6.03 Å². The number of rotatable bonds is 6. The van der Waals surface area contributed by atoms with Gasteiger partial charge in [0.05, 0.1) is 23.8 Å². The lowest BCUT2D eigenvalue weighted by molar-refractivity contribution is 0.251. The van der Waals surface area contributed by atoms with Gasteiger partial charge < -0.3 is 10.1 Å². The van der Waals surface area contributed by atoms with E-state index in [1.807, 2.05) is 48.7 Å². The molecule has 0 bridgehead atoms. The molecule has 124 valence electrons. The minimum absolute atomic E-state index is 0.206. The van der Waals surface area contributed by atoms with Gasteiger partial charge in [0, 0.05) is 0 Å². The van der Waals surface area contributed by atoms with Crippen molar-refractivity contribution >= 4 is 22.4 Å². The predicted molar refractivity (Wildman–Crippen MR) is 90.5 cm³/mol. The molecule has 0 saturated carbocycles. The SMILES string of the molecule is CCOc1ccc(-n2nnnc2CNC(=O)Nc2cccs2)cc1. The van der Waals surface area contributed by atoms with Crippen LogP contribution in [0.25, 0.3) is 5.69 Å². The number of benzene rings is 1. The van der Waals surface area contributed by atoms with Crippen LogP contribution in [0.2, 0.25) is 0 Å². The van der Waals surface area contributed by atoms with Crippen LogP contribution >= 0.6 is 11.3 Å². The Bertz CT molecular complexity index is 785. The maximum Gasteiger partial charge on any atom is 0.320 e. The van der Waals surface area contributed by atoms with Crippen molar-refractivity contribution in [3.8, 4) is 11.4 Å². The number of anilines is 1. The van der Waals surface area contributed by atoms with E-state index in [1.54, 1.807) is 4.68 Å². The zero-order valence-electron chi connectivity index (χ0n) is 13.0. The number of carbonyl (C=O) groups excluding carboxylic acids is 1. The fourth-order valence-corrected chi connectivity index (χ4v) is 2.64. The van der Waals surface area contributed by atoms with Crippen LogP contribution in [0, 0.1) is 0 Å². The van der Waals surface area contributed by atoms with Crippen molar-refractivity contribution in [3.63, 3.8) is 0 Å². The minimum atomic E-state index is -0.307. The summed E-state index contributed by atoms with van der Waals surface area (Å²) < 4.78 is 6.98. The van der Waals surface area contributed by atoms with E-state index >= 15 is 0 Å². The van der Waals surface area contributed by atoms with Gasteiger partial charge in [-0.05, 0) is 59.1 Å². The summed E-state index contributed by atoms with van der Waals surface area (Å²) in [5.74, 6) is 1.31. The molecule has 3 aromatic rings. The van der Waals surface area contributed by atoms with Crippen LogP contribution in [-0.2, 0) is 6.54 Å². The Morgan fingerprint density at radius 2 is 2.12 bits per heavy atom. The van der Waals surface area contributed by atoms with Gasteiger partial charge in [-0.3, -0.25) is 5.32 Å². The van der Waals surface area contributed by atoms with Crippen LogP contribution in [0.5, 0.6) is 5.75 Å². The number of hydrogen-bond acceptors (Lipinski definition) is 6. The molecule has 3 rings (SSSR count). The standard InChI is InChI=1S/C15H16N6O2S/c1-2-23-12-7-5-11(6-8-12)21-13(18-19-20-21)10-16-15(22)17-14-4-3-9-24-14/h3-9H,2,10H2,1H3,(H2,16,17,22). The molecule has 2 N–H and O–H groups in total. The first-order valence-electron chi connectivity index (χ1n) is 7.35.